The minimum absolute atomic E-state index is 0.161. The van der Waals surface area contributed by atoms with Crippen LogP contribution in [0.25, 0.3) is 0 Å². The Bertz CT molecular complexity index is 990. The number of likely N-dealkylation sites (tertiary alicyclic amines) is 2. The number of nitrogens with zero attached hydrogens (tertiary/aromatic N) is 2. The Labute approximate surface area is 184 Å². The van der Waals surface area contributed by atoms with Gasteiger partial charge < -0.3 is 4.90 Å². The van der Waals surface area contributed by atoms with E-state index in [1.807, 2.05) is 0 Å². The lowest BCUT2D eigenvalue weighted by atomic mass is 9.72. The fraction of sp³-hybridized carbons (Fsp3) is 0.375. The van der Waals surface area contributed by atoms with Gasteiger partial charge in [0.1, 0.15) is 0 Å². The molecule has 0 saturated carbocycles. The van der Waals surface area contributed by atoms with Gasteiger partial charge in [0.15, 0.2) is 0 Å². The van der Waals surface area contributed by atoms with Crippen molar-refractivity contribution in [1.82, 2.24) is 9.80 Å². The molecule has 3 nitrogen and oxygen atoms in total. The molecule has 0 aromatic heterocycles. The first kappa shape index (κ1) is 21.7. The second kappa shape index (κ2) is 8.57. The second-order valence-corrected chi connectivity index (χ2v) is 8.83. The van der Waals surface area contributed by atoms with E-state index in [4.69, 9.17) is 11.6 Å². The molecule has 0 radical (unpaired) electrons. The van der Waals surface area contributed by atoms with Crippen LogP contribution in [0, 0.1) is 17.3 Å². The van der Waals surface area contributed by atoms with Crippen molar-refractivity contribution >= 4 is 17.5 Å². The lowest BCUT2D eigenvalue weighted by Gasteiger charge is -2.54. The van der Waals surface area contributed by atoms with Gasteiger partial charge in [-0.3, -0.25) is 9.69 Å². The van der Waals surface area contributed by atoms with Gasteiger partial charge >= 0.3 is 6.18 Å². The summed E-state index contributed by atoms with van der Waals surface area (Å²) in [6, 6.07) is 12.4. The van der Waals surface area contributed by atoms with Crippen molar-refractivity contribution in [3.8, 4) is 11.8 Å². The topological polar surface area (TPSA) is 23.6 Å². The maximum absolute atomic E-state index is 12.7. The molecular weight excluding hydrogens is 425 g/mol. The third kappa shape index (κ3) is 5.23. The maximum Gasteiger partial charge on any atom is 0.416 e. The van der Waals surface area contributed by atoms with Crippen molar-refractivity contribution in [2.75, 3.05) is 26.2 Å². The number of benzene rings is 2. The molecule has 0 N–H and O–H groups in total. The highest BCUT2D eigenvalue weighted by atomic mass is 35.5. The van der Waals surface area contributed by atoms with Gasteiger partial charge in [-0.05, 0) is 60.2 Å². The first-order valence-corrected chi connectivity index (χ1v) is 10.6. The highest BCUT2D eigenvalue weighted by Gasteiger charge is 2.45. The molecule has 2 heterocycles. The van der Waals surface area contributed by atoms with Crippen LogP contribution in [0.3, 0.4) is 0 Å². The zero-order chi connectivity index (χ0) is 22.1. The summed E-state index contributed by atoms with van der Waals surface area (Å²) >= 11 is 5.85. The third-order valence-electron chi connectivity index (χ3n) is 6.07. The van der Waals surface area contributed by atoms with Gasteiger partial charge in [-0.1, -0.05) is 29.7 Å². The Kier molecular flexibility index (Phi) is 6.00. The molecule has 0 unspecified atom stereocenters. The van der Waals surface area contributed by atoms with Gasteiger partial charge in [-0.2, -0.15) is 13.2 Å². The van der Waals surface area contributed by atoms with E-state index in [0.29, 0.717) is 24.7 Å². The molecule has 2 aromatic rings. The van der Waals surface area contributed by atoms with Crippen LogP contribution in [0.1, 0.15) is 29.5 Å². The maximum atomic E-state index is 12.7. The summed E-state index contributed by atoms with van der Waals surface area (Å²) in [5.74, 6) is 5.44. The predicted octanol–water partition coefficient (Wildman–Crippen LogP) is 4.83. The lowest BCUT2D eigenvalue weighted by molar-refractivity contribution is -0.137. The van der Waals surface area contributed by atoms with Crippen molar-refractivity contribution in [1.29, 1.82) is 0 Å². The largest absolute Gasteiger partial charge is 0.416 e. The van der Waals surface area contributed by atoms with E-state index >= 15 is 0 Å². The van der Waals surface area contributed by atoms with Crippen molar-refractivity contribution in [3.05, 3.63) is 70.2 Å². The number of rotatable bonds is 2. The summed E-state index contributed by atoms with van der Waals surface area (Å²) in [7, 11) is 0. The SMILES string of the molecule is O=C(C#Cc1ccc(Cl)cc1)N1CCC2(CC1)CN(Cc1ccc(C(F)(F)F)cc1)C2. The summed E-state index contributed by atoms with van der Waals surface area (Å²) in [4.78, 5) is 16.4. The zero-order valence-electron chi connectivity index (χ0n) is 16.9. The molecular formula is C24H22ClF3N2O. The van der Waals surface area contributed by atoms with Gasteiger partial charge in [-0.15, -0.1) is 0 Å². The fourth-order valence-corrected chi connectivity index (χ4v) is 4.44. The molecule has 1 amide bonds. The summed E-state index contributed by atoms with van der Waals surface area (Å²) in [6.07, 6.45) is -2.46. The molecule has 0 atom stereocenters. The number of alkyl halides is 3. The van der Waals surface area contributed by atoms with Crippen LogP contribution in [-0.2, 0) is 17.5 Å². The van der Waals surface area contributed by atoms with Crippen molar-refractivity contribution in [3.63, 3.8) is 0 Å². The van der Waals surface area contributed by atoms with Gasteiger partial charge in [0.05, 0.1) is 5.56 Å². The monoisotopic (exact) mass is 446 g/mol. The van der Waals surface area contributed by atoms with E-state index in [1.54, 1.807) is 41.3 Å². The standard InChI is InChI=1S/C24H22ClF3N2O/c25-21-8-3-18(4-9-21)5-10-22(31)30-13-11-23(12-14-30)16-29(17-23)15-19-1-6-20(7-2-19)24(26,27)28/h1-4,6-9H,11-17H2. The number of carbonyl (C=O) groups excluding carboxylic acids is 1. The Balaban J connectivity index is 1.24. The normalized spacial score (nSPS) is 18.3. The first-order valence-electron chi connectivity index (χ1n) is 10.2. The zero-order valence-corrected chi connectivity index (χ0v) is 17.6. The quantitative estimate of drug-likeness (QED) is 0.617. The molecule has 2 fully saturated rings. The van der Waals surface area contributed by atoms with Crippen LogP contribution in [0.4, 0.5) is 13.2 Å². The first-order chi connectivity index (χ1) is 14.7. The Hall–Kier alpha value is -2.49. The Morgan fingerprint density at radius 3 is 2.19 bits per heavy atom. The average Bonchev–Trinajstić information content (AvgIpc) is 2.72. The molecule has 2 aliphatic heterocycles. The summed E-state index contributed by atoms with van der Waals surface area (Å²) in [6.45, 7) is 3.83. The predicted molar refractivity (Wildman–Crippen MR) is 113 cm³/mol. The average molecular weight is 447 g/mol. The Morgan fingerprint density at radius 2 is 1.61 bits per heavy atom. The summed E-state index contributed by atoms with van der Waals surface area (Å²) in [5.41, 5.74) is 1.22. The summed E-state index contributed by atoms with van der Waals surface area (Å²) in [5, 5.41) is 0.631. The van der Waals surface area contributed by atoms with Gasteiger partial charge in [0, 0.05) is 49.2 Å². The van der Waals surface area contributed by atoms with E-state index in [2.05, 4.69) is 16.7 Å². The highest BCUT2D eigenvalue weighted by molar-refractivity contribution is 6.30. The fourth-order valence-electron chi connectivity index (χ4n) is 4.31. The number of hydrogen-bond acceptors (Lipinski definition) is 2. The molecule has 2 aliphatic rings. The van der Waals surface area contributed by atoms with E-state index in [0.717, 1.165) is 49.2 Å². The number of amides is 1. The molecule has 0 bridgehead atoms. The number of piperidine rings is 1. The molecule has 2 aromatic carbocycles. The lowest BCUT2D eigenvalue weighted by Crippen LogP contribution is -2.60. The molecule has 4 rings (SSSR count). The van der Waals surface area contributed by atoms with E-state index < -0.39 is 11.7 Å². The van der Waals surface area contributed by atoms with E-state index in [-0.39, 0.29) is 11.3 Å². The summed E-state index contributed by atoms with van der Waals surface area (Å²) < 4.78 is 38.1. The minimum atomic E-state index is -4.30. The van der Waals surface area contributed by atoms with Crippen LogP contribution >= 0.6 is 11.6 Å². The molecule has 0 aliphatic carbocycles. The molecule has 7 heteroatoms. The van der Waals surface area contributed by atoms with E-state index in [1.165, 1.54) is 0 Å². The smallest absolute Gasteiger partial charge is 0.332 e. The van der Waals surface area contributed by atoms with Crippen LogP contribution in [0.2, 0.25) is 5.02 Å². The van der Waals surface area contributed by atoms with Crippen LogP contribution in [0.5, 0.6) is 0 Å². The number of hydrogen-bond donors (Lipinski definition) is 0. The van der Waals surface area contributed by atoms with Crippen LogP contribution < -0.4 is 0 Å². The van der Waals surface area contributed by atoms with Gasteiger partial charge in [0.25, 0.3) is 5.91 Å². The number of halogens is 4. The van der Waals surface area contributed by atoms with Crippen LogP contribution in [-0.4, -0.2) is 41.9 Å². The van der Waals surface area contributed by atoms with Gasteiger partial charge in [-0.25, -0.2) is 0 Å². The second-order valence-electron chi connectivity index (χ2n) is 8.39. The molecule has 162 valence electrons. The highest BCUT2D eigenvalue weighted by Crippen LogP contribution is 2.41. The number of carbonyl (C=O) groups is 1. The molecule has 2 saturated heterocycles. The van der Waals surface area contributed by atoms with E-state index in [9.17, 15) is 18.0 Å². The third-order valence-corrected chi connectivity index (χ3v) is 6.33. The van der Waals surface area contributed by atoms with Gasteiger partial charge in [0.2, 0.25) is 0 Å². The Morgan fingerprint density at radius 1 is 1.00 bits per heavy atom. The minimum Gasteiger partial charge on any atom is -0.332 e. The van der Waals surface area contributed by atoms with Crippen molar-refractivity contribution in [2.24, 2.45) is 5.41 Å². The van der Waals surface area contributed by atoms with Crippen molar-refractivity contribution < 1.29 is 18.0 Å². The van der Waals surface area contributed by atoms with Crippen molar-refractivity contribution in [2.45, 2.75) is 25.6 Å². The van der Waals surface area contributed by atoms with Crippen LogP contribution in [0.15, 0.2) is 48.5 Å². The molecule has 31 heavy (non-hydrogen) atoms. The molecule has 1 spiro atoms.